The van der Waals surface area contributed by atoms with E-state index in [0.717, 1.165) is 11.6 Å². The van der Waals surface area contributed by atoms with Crippen molar-refractivity contribution in [3.8, 4) is 11.3 Å². The number of imidazole rings is 1. The van der Waals surface area contributed by atoms with Crippen LogP contribution in [-0.2, 0) is 6.54 Å². The molecule has 7 nitrogen and oxygen atoms in total. The SMILES string of the molecule is O=C(Nc1c(-c2ccc(F)cc2)ncn1Cc1ccccc1)c1ccc([N+](=O)[O-])cc1Cl. The van der Waals surface area contributed by atoms with E-state index >= 15 is 0 Å². The van der Waals surface area contributed by atoms with Crippen LogP contribution in [0.1, 0.15) is 15.9 Å². The van der Waals surface area contributed by atoms with Gasteiger partial charge in [0, 0.05) is 17.7 Å². The zero-order valence-electron chi connectivity index (χ0n) is 16.5. The van der Waals surface area contributed by atoms with E-state index in [1.165, 1.54) is 24.3 Å². The van der Waals surface area contributed by atoms with Gasteiger partial charge in [-0.2, -0.15) is 0 Å². The number of carbonyl (C=O) groups excluding carboxylic acids is 1. The largest absolute Gasteiger partial charge is 0.312 e. The van der Waals surface area contributed by atoms with Gasteiger partial charge >= 0.3 is 0 Å². The first-order valence-corrected chi connectivity index (χ1v) is 9.90. The molecule has 0 fully saturated rings. The molecule has 1 aromatic heterocycles. The van der Waals surface area contributed by atoms with Gasteiger partial charge in [0.1, 0.15) is 17.3 Å². The molecule has 0 spiro atoms. The predicted molar refractivity (Wildman–Crippen MR) is 119 cm³/mol. The Kier molecular flexibility index (Phi) is 5.96. The summed E-state index contributed by atoms with van der Waals surface area (Å²) in [6.07, 6.45) is 1.58. The van der Waals surface area contributed by atoms with Crippen molar-refractivity contribution in [3.63, 3.8) is 0 Å². The summed E-state index contributed by atoms with van der Waals surface area (Å²) in [5, 5.41) is 13.7. The highest BCUT2D eigenvalue weighted by Gasteiger charge is 2.20. The molecule has 160 valence electrons. The number of halogens is 2. The van der Waals surface area contributed by atoms with Gasteiger partial charge < -0.3 is 9.88 Å². The highest BCUT2D eigenvalue weighted by atomic mass is 35.5. The molecule has 0 aliphatic heterocycles. The second-order valence-corrected chi connectivity index (χ2v) is 7.34. The van der Waals surface area contributed by atoms with Crippen molar-refractivity contribution in [1.82, 2.24) is 9.55 Å². The standard InChI is InChI=1S/C23H16ClFN4O3/c24-20-12-18(29(31)32)10-11-19(20)23(30)27-22-21(16-6-8-17(25)9-7-16)26-14-28(22)13-15-4-2-1-3-5-15/h1-12,14H,13H2,(H,27,30). The van der Waals surface area contributed by atoms with E-state index in [-0.39, 0.29) is 22.1 Å². The maximum atomic E-state index is 13.4. The van der Waals surface area contributed by atoms with Gasteiger partial charge in [0.05, 0.1) is 28.4 Å². The fraction of sp³-hybridized carbons (Fsp3) is 0.0435. The highest BCUT2D eigenvalue weighted by molar-refractivity contribution is 6.34. The third-order valence-corrected chi connectivity index (χ3v) is 5.10. The lowest BCUT2D eigenvalue weighted by atomic mass is 10.1. The fourth-order valence-electron chi connectivity index (χ4n) is 3.21. The number of hydrogen-bond donors (Lipinski definition) is 1. The van der Waals surface area contributed by atoms with Crippen LogP contribution >= 0.6 is 11.6 Å². The lowest BCUT2D eigenvalue weighted by Gasteiger charge is -2.13. The number of nitro benzene ring substituents is 1. The smallest absolute Gasteiger partial charge is 0.270 e. The van der Waals surface area contributed by atoms with Crippen LogP contribution in [0.4, 0.5) is 15.9 Å². The monoisotopic (exact) mass is 450 g/mol. The number of anilines is 1. The Morgan fingerprint density at radius 3 is 2.47 bits per heavy atom. The van der Waals surface area contributed by atoms with Crippen LogP contribution < -0.4 is 5.32 Å². The molecule has 1 N–H and O–H groups in total. The maximum Gasteiger partial charge on any atom is 0.270 e. The van der Waals surface area contributed by atoms with Crippen molar-refractivity contribution in [1.29, 1.82) is 0 Å². The molecule has 4 aromatic rings. The van der Waals surface area contributed by atoms with Crippen LogP contribution in [0.5, 0.6) is 0 Å². The summed E-state index contributed by atoms with van der Waals surface area (Å²) >= 11 is 6.12. The second-order valence-electron chi connectivity index (χ2n) is 6.94. The lowest BCUT2D eigenvalue weighted by molar-refractivity contribution is -0.384. The van der Waals surface area contributed by atoms with Gasteiger partial charge in [-0.25, -0.2) is 9.37 Å². The van der Waals surface area contributed by atoms with Crippen molar-refractivity contribution in [2.45, 2.75) is 6.54 Å². The van der Waals surface area contributed by atoms with Gasteiger partial charge in [0.15, 0.2) is 0 Å². The van der Waals surface area contributed by atoms with Crippen LogP contribution in [0.2, 0.25) is 5.02 Å². The molecule has 32 heavy (non-hydrogen) atoms. The molecule has 3 aromatic carbocycles. The topological polar surface area (TPSA) is 90.1 Å². The van der Waals surface area contributed by atoms with Gasteiger partial charge in [0.25, 0.3) is 11.6 Å². The van der Waals surface area contributed by atoms with Crippen molar-refractivity contribution in [2.24, 2.45) is 0 Å². The van der Waals surface area contributed by atoms with Crippen LogP contribution in [0.3, 0.4) is 0 Å². The number of nitrogens with one attached hydrogen (secondary N) is 1. The molecular formula is C23H16ClFN4O3. The number of aromatic nitrogens is 2. The number of carbonyl (C=O) groups is 1. The van der Waals surface area contributed by atoms with Gasteiger partial charge in [-0.1, -0.05) is 41.9 Å². The molecule has 1 heterocycles. The van der Waals surface area contributed by atoms with E-state index in [1.807, 2.05) is 30.3 Å². The zero-order chi connectivity index (χ0) is 22.7. The summed E-state index contributed by atoms with van der Waals surface area (Å²) in [5.74, 6) is -0.552. The number of hydrogen-bond acceptors (Lipinski definition) is 4. The fourth-order valence-corrected chi connectivity index (χ4v) is 3.47. The first-order chi connectivity index (χ1) is 15.4. The van der Waals surface area contributed by atoms with E-state index in [9.17, 15) is 19.3 Å². The number of non-ortho nitro benzene ring substituents is 1. The minimum atomic E-state index is -0.588. The Morgan fingerprint density at radius 1 is 1.09 bits per heavy atom. The molecule has 4 rings (SSSR count). The third-order valence-electron chi connectivity index (χ3n) is 4.79. The van der Waals surface area contributed by atoms with Crippen LogP contribution in [-0.4, -0.2) is 20.4 Å². The average molecular weight is 451 g/mol. The Morgan fingerprint density at radius 2 is 1.81 bits per heavy atom. The predicted octanol–water partition coefficient (Wildman–Crippen LogP) is 5.55. The molecule has 0 radical (unpaired) electrons. The second kappa shape index (κ2) is 8.99. The number of amides is 1. The van der Waals surface area contributed by atoms with Crippen molar-refractivity contribution < 1.29 is 14.1 Å². The van der Waals surface area contributed by atoms with Crippen LogP contribution in [0.25, 0.3) is 11.3 Å². The first kappa shape index (κ1) is 21.2. The molecule has 1 amide bonds. The molecule has 0 unspecified atom stereocenters. The average Bonchev–Trinajstić information content (AvgIpc) is 3.16. The number of nitrogens with zero attached hydrogens (tertiary/aromatic N) is 3. The third kappa shape index (κ3) is 4.50. The summed E-state index contributed by atoms with van der Waals surface area (Å²) in [4.78, 5) is 27.8. The van der Waals surface area contributed by atoms with E-state index < -0.39 is 10.8 Å². The lowest BCUT2D eigenvalue weighted by Crippen LogP contribution is -2.16. The summed E-state index contributed by atoms with van der Waals surface area (Å²) in [6.45, 7) is 0.429. The first-order valence-electron chi connectivity index (χ1n) is 9.52. The summed E-state index contributed by atoms with van der Waals surface area (Å²) in [6, 6.07) is 19.0. The summed E-state index contributed by atoms with van der Waals surface area (Å²) < 4.78 is 15.2. The van der Waals surface area contributed by atoms with Gasteiger partial charge in [-0.15, -0.1) is 0 Å². The Bertz CT molecular complexity index is 1290. The maximum absolute atomic E-state index is 13.4. The van der Waals surface area contributed by atoms with E-state index in [4.69, 9.17) is 11.6 Å². The van der Waals surface area contributed by atoms with Gasteiger partial charge in [-0.3, -0.25) is 14.9 Å². The summed E-state index contributed by atoms with van der Waals surface area (Å²) in [7, 11) is 0. The Labute approximate surface area is 187 Å². The molecule has 0 aliphatic carbocycles. The number of nitro groups is 1. The highest BCUT2D eigenvalue weighted by Crippen LogP contribution is 2.29. The van der Waals surface area contributed by atoms with E-state index in [0.29, 0.717) is 23.6 Å². The Balaban J connectivity index is 1.72. The molecule has 0 saturated heterocycles. The normalized spacial score (nSPS) is 10.7. The zero-order valence-corrected chi connectivity index (χ0v) is 17.3. The molecule has 0 saturated carbocycles. The van der Waals surface area contributed by atoms with Gasteiger partial charge in [-0.05, 0) is 35.9 Å². The number of rotatable bonds is 6. The van der Waals surface area contributed by atoms with Crippen molar-refractivity contribution in [2.75, 3.05) is 5.32 Å². The summed E-state index contributed by atoms with van der Waals surface area (Å²) in [5.41, 5.74) is 1.91. The van der Waals surface area contributed by atoms with Gasteiger partial charge in [0.2, 0.25) is 0 Å². The Hall–Kier alpha value is -4.04. The van der Waals surface area contributed by atoms with E-state index in [2.05, 4.69) is 10.3 Å². The molecule has 0 bridgehead atoms. The molecule has 0 atom stereocenters. The minimum absolute atomic E-state index is 0.0471. The molecule has 0 aliphatic rings. The van der Waals surface area contributed by atoms with Crippen molar-refractivity contribution >= 4 is 29.0 Å². The van der Waals surface area contributed by atoms with Crippen LogP contribution in [0, 0.1) is 15.9 Å². The quantitative estimate of drug-likeness (QED) is 0.308. The molecular weight excluding hydrogens is 435 g/mol. The number of benzene rings is 3. The van der Waals surface area contributed by atoms with E-state index in [1.54, 1.807) is 23.0 Å². The molecule has 9 heteroatoms. The minimum Gasteiger partial charge on any atom is -0.312 e. The van der Waals surface area contributed by atoms with Crippen molar-refractivity contribution in [3.05, 3.63) is 111 Å². The van der Waals surface area contributed by atoms with Crippen LogP contribution in [0.15, 0.2) is 79.1 Å².